The Balaban J connectivity index is 0.00000210. The first-order valence-electron chi connectivity index (χ1n) is 8.52. The Hall–Kier alpha value is -1.68. The average Bonchev–Trinajstić information content (AvgIpc) is 2.85. The molecule has 140 valence electrons. The monoisotopic (exact) mass is 553 g/mol. The van der Waals surface area contributed by atoms with E-state index in [1.807, 2.05) is 43.3 Å². The van der Waals surface area contributed by atoms with E-state index in [0.29, 0.717) is 31.9 Å². The minimum absolute atomic E-state index is 0. The van der Waals surface area contributed by atoms with Gasteiger partial charge in [0.15, 0.2) is 0 Å². The first kappa shape index (κ1) is 20.1. The molecule has 0 radical (unpaired) electrons. The van der Waals surface area contributed by atoms with Gasteiger partial charge in [0.1, 0.15) is 0 Å². The largest absolute Gasteiger partial charge is 0.378 e. The fraction of sp³-hybridized carbons (Fsp3) is 0.300. The number of ether oxygens (including phenoxy) is 1. The van der Waals surface area contributed by atoms with E-state index in [0.717, 1.165) is 16.7 Å². The SMILES string of the molecule is Cc1cc(-c2ccccc2)c[c-]c1C1(Cl)C(=O)N2CCOCCN2C1=O.[W]. The second kappa shape index (κ2) is 7.75. The van der Waals surface area contributed by atoms with Crippen LogP contribution in [-0.4, -0.2) is 48.1 Å². The van der Waals surface area contributed by atoms with Crippen molar-refractivity contribution >= 4 is 23.4 Å². The van der Waals surface area contributed by atoms with E-state index in [4.69, 9.17) is 16.3 Å². The zero-order chi connectivity index (χ0) is 18.3. The summed E-state index contributed by atoms with van der Waals surface area (Å²) in [5, 5.41) is 2.81. The predicted molar refractivity (Wildman–Crippen MR) is 97.2 cm³/mol. The van der Waals surface area contributed by atoms with E-state index >= 15 is 0 Å². The number of rotatable bonds is 2. The zero-order valence-electron chi connectivity index (χ0n) is 14.8. The molecule has 0 unspecified atom stereocenters. The summed E-state index contributed by atoms with van der Waals surface area (Å²) in [4.78, 5) is 24.2. The van der Waals surface area contributed by atoms with Crippen molar-refractivity contribution in [1.82, 2.24) is 10.0 Å². The van der Waals surface area contributed by atoms with Gasteiger partial charge in [0, 0.05) is 21.1 Å². The quantitative estimate of drug-likeness (QED) is 0.326. The van der Waals surface area contributed by atoms with Crippen LogP contribution in [0.25, 0.3) is 11.1 Å². The first-order chi connectivity index (χ1) is 12.5. The van der Waals surface area contributed by atoms with Gasteiger partial charge in [0.2, 0.25) is 4.87 Å². The third kappa shape index (κ3) is 3.22. The van der Waals surface area contributed by atoms with Crippen molar-refractivity contribution < 1.29 is 35.4 Å². The molecule has 5 nitrogen and oxygen atoms in total. The van der Waals surface area contributed by atoms with Gasteiger partial charge in [-0.15, -0.1) is 11.1 Å². The van der Waals surface area contributed by atoms with Gasteiger partial charge in [-0.25, -0.2) is 10.0 Å². The molecule has 2 aromatic carbocycles. The van der Waals surface area contributed by atoms with Gasteiger partial charge in [-0.1, -0.05) is 54.4 Å². The number of carbonyl (C=O) groups excluding carboxylic acids is 2. The fourth-order valence-electron chi connectivity index (χ4n) is 3.51. The van der Waals surface area contributed by atoms with Gasteiger partial charge in [-0.05, 0) is 0 Å². The third-order valence-electron chi connectivity index (χ3n) is 4.83. The topological polar surface area (TPSA) is 49.9 Å². The molecule has 2 heterocycles. The molecule has 0 bridgehead atoms. The summed E-state index contributed by atoms with van der Waals surface area (Å²) in [7, 11) is 0. The van der Waals surface area contributed by atoms with Crippen LogP contribution in [0, 0.1) is 13.0 Å². The van der Waals surface area contributed by atoms with Gasteiger partial charge >= 0.3 is 0 Å². The first-order valence-corrected chi connectivity index (χ1v) is 8.90. The molecule has 2 fully saturated rings. The van der Waals surface area contributed by atoms with Crippen LogP contribution in [0.5, 0.6) is 0 Å². The molecule has 2 amide bonds. The number of halogens is 1. The van der Waals surface area contributed by atoms with Crippen LogP contribution in [0.15, 0.2) is 42.5 Å². The fourth-order valence-corrected chi connectivity index (χ4v) is 3.91. The van der Waals surface area contributed by atoms with Crippen molar-refractivity contribution in [3.8, 4) is 11.1 Å². The maximum atomic E-state index is 13.0. The number of amides is 2. The number of hydrogen-bond donors (Lipinski definition) is 0. The van der Waals surface area contributed by atoms with Gasteiger partial charge in [0.05, 0.1) is 26.3 Å². The molecule has 4 rings (SSSR count). The number of nitrogens with zero attached hydrogens (tertiary/aromatic N) is 2. The minimum atomic E-state index is -1.75. The molecule has 0 N–H and O–H groups in total. The maximum Gasteiger partial charge on any atom is 0.274 e. The molecule has 7 heteroatoms. The number of carbonyl (C=O) groups is 2. The predicted octanol–water partition coefficient (Wildman–Crippen LogP) is 2.51. The van der Waals surface area contributed by atoms with E-state index in [1.54, 1.807) is 6.07 Å². The number of hydrogen-bond acceptors (Lipinski definition) is 3. The Bertz CT molecular complexity index is 851. The van der Waals surface area contributed by atoms with Crippen LogP contribution in [-0.2, 0) is 40.3 Å². The number of hydrazine groups is 1. The van der Waals surface area contributed by atoms with Crippen LogP contribution < -0.4 is 0 Å². The van der Waals surface area contributed by atoms with E-state index < -0.39 is 16.7 Å². The van der Waals surface area contributed by atoms with Crippen molar-refractivity contribution in [2.45, 2.75) is 11.8 Å². The molecule has 0 aliphatic carbocycles. The minimum Gasteiger partial charge on any atom is -0.378 e. The summed E-state index contributed by atoms with van der Waals surface area (Å²) >= 11 is 6.67. The van der Waals surface area contributed by atoms with Gasteiger partial charge < -0.3 is 4.74 Å². The number of alkyl halides is 1. The maximum absolute atomic E-state index is 13.0. The van der Waals surface area contributed by atoms with Crippen molar-refractivity contribution in [3.05, 3.63) is 59.7 Å². The summed E-state index contributed by atoms with van der Waals surface area (Å²) in [6.07, 6.45) is 0. The van der Waals surface area contributed by atoms with Crippen molar-refractivity contribution in [3.63, 3.8) is 0 Å². The summed E-state index contributed by atoms with van der Waals surface area (Å²) < 4.78 is 5.35. The van der Waals surface area contributed by atoms with E-state index in [9.17, 15) is 9.59 Å². The molecule has 0 spiro atoms. The van der Waals surface area contributed by atoms with Crippen molar-refractivity contribution in [2.24, 2.45) is 0 Å². The Labute approximate surface area is 177 Å². The number of fused-ring (bicyclic) bond motifs is 1. The standard InChI is InChI=1S/C20H18ClN2O3.W/c1-14-13-16(15-5-3-2-4-6-15)7-8-17(14)20(21)18(24)22-9-11-26-12-10-23(22)19(20)25;/h2-7,13H,9-12H2,1H3;/q-1;. The smallest absolute Gasteiger partial charge is 0.274 e. The Morgan fingerprint density at radius 2 is 1.63 bits per heavy atom. The van der Waals surface area contributed by atoms with Crippen LogP contribution in [0.1, 0.15) is 11.1 Å². The molecular weight excluding hydrogens is 536 g/mol. The summed E-state index contributed by atoms with van der Waals surface area (Å²) in [5.41, 5.74) is 3.19. The van der Waals surface area contributed by atoms with Crippen LogP contribution >= 0.6 is 11.6 Å². The van der Waals surface area contributed by atoms with Crippen LogP contribution in [0.4, 0.5) is 0 Å². The Morgan fingerprint density at radius 3 is 2.19 bits per heavy atom. The summed E-state index contributed by atoms with van der Waals surface area (Å²) in [5.74, 6) is -0.858. The van der Waals surface area contributed by atoms with Crippen molar-refractivity contribution in [2.75, 3.05) is 26.3 Å². The normalized spacial score (nSPS) is 18.7. The number of benzene rings is 2. The molecule has 27 heavy (non-hydrogen) atoms. The van der Waals surface area contributed by atoms with Gasteiger partial charge in [0.25, 0.3) is 11.8 Å². The molecule has 2 saturated heterocycles. The molecule has 2 aliphatic heterocycles. The summed E-state index contributed by atoms with van der Waals surface area (Å²) in [6.45, 7) is 3.27. The van der Waals surface area contributed by atoms with Gasteiger partial charge in [-0.2, -0.15) is 23.8 Å². The second-order valence-electron chi connectivity index (χ2n) is 6.44. The van der Waals surface area contributed by atoms with Gasteiger partial charge in [-0.3, -0.25) is 9.59 Å². The molecule has 2 aliphatic rings. The molecule has 2 aromatic rings. The zero-order valence-corrected chi connectivity index (χ0v) is 18.5. The molecule has 0 saturated carbocycles. The van der Waals surface area contributed by atoms with Crippen LogP contribution in [0.3, 0.4) is 0 Å². The molecule has 0 atom stereocenters. The third-order valence-corrected chi connectivity index (χ3v) is 5.35. The average molecular weight is 554 g/mol. The van der Waals surface area contributed by atoms with E-state index in [2.05, 4.69) is 6.07 Å². The Morgan fingerprint density at radius 1 is 1.04 bits per heavy atom. The Kier molecular flexibility index (Phi) is 5.76. The summed E-state index contributed by atoms with van der Waals surface area (Å²) in [6, 6.07) is 16.7. The van der Waals surface area contributed by atoms with E-state index in [1.165, 1.54) is 10.0 Å². The molecule has 0 aromatic heterocycles. The van der Waals surface area contributed by atoms with Crippen LogP contribution in [0.2, 0.25) is 0 Å². The van der Waals surface area contributed by atoms with Crippen molar-refractivity contribution in [1.29, 1.82) is 0 Å². The van der Waals surface area contributed by atoms with E-state index in [-0.39, 0.29) is 21.1 Å². The number of aryl methyl sites for hydroxylation is 1. The molecular formula is C20H18ClN2O3W-. The second-order valence-corrected chi connectivity index (χ2v) is 7.01.